The molecule has 0 unspecified atom stereocenters. The number of anilines is 2. The van der Waals surface area contributed by atoms with Crippen LogP contribution in [-0.2, 0) is 4.79 Å². The second kappa shape index (κ2) is 9.62. The van der Waals surface area contributed by atoms with Crippen LogP contribution in [0, 0.1) is 5.82 Å². The van der Waals surface area contributed by atoms with Crippen LogP contribution in [0.1, 0.15) is 10.4 Å². The SMILES string of the molecule is O=C(CSc1nnc(Nc2cccc(Br)c2)s1)NNC(=O)c1ccc(F)cc1. The van der Waals surface area contributed by atoms with Gasteiger partial charge in [-0.2, -0.15) is 0 Å². The van der Waals surface area contributed by atoms with Crippen LogP contribution in [0.3, 0.4) is 0 Å². The van der Waals surface area contributed by atoms with Gasteiger partial charge in [0.05, 0.1) is 5.75 Å². The molecule has 3 rings (SSSR count). The molecule has 0 aliphatic heterocycles. The van der Waals surface area contributed by atoms with Crippen molar-refractivity contribution in [3.63, 3.8) is 0 Å². The first-order valence-electron chi connectivity index (χ1n) is 7.83. The lowest BCUT2D eigenvalue weighted by atomic mass is 10.2. The predicted molar refractivity (Wildman–Crippen MR) is 110 cm³/mol. The van der Waals surface area contributed by atoms with E-state index in [2.05, 4.69) is 42.3 Å². The fourth-order valence-electron chi connectivity index (χ4n) is 1.97. The van der Waals surface area contributed by atoms with E-state index < -0.39 is 17.6 Å². The number of amides is 2. The normalized spacial score (nSPS) is 10.4. The third-order valence-electron chi connectivity index (χ3n) is 3.23. The Hall–Kier alpha value is -2.50. The standard InChI is InChI=1S/C17H13BrFN5O2S2/c18-11-2-1-3-13(8-11)20-16-23-24-17(28-16)27-9-14(25)21-22-15(26)10-4-6-12(19)7-5-10/h1-8H,9H2,(H,20,23)(H,21,25)(H,22,26). The summed E-state index contributed by atoms with van der Waals surface area (Å²) in [6.07, 6.45) is 0. The fourth-order valence-corrected chi connectivity index (χ4v) is 3.94. The molecule has 28 heavy (non-hydrogen) atoms. The van der Waals surface area contributed by atoms with Gasteiger partial charge in [0.2, 0.25) is 11.0 Å². The van der Waals surface area contributed by atoms with Crippen LogP contribution < -0.4 is 16.2 Å². The molecule has 0 bridgehead atoms. The number of carbonyl (C=O) groups excluding carboxylic acids is 2. The first-order chi connectivity index (χ1) is 13.5. The molecule has 0 atom stereocenters. The van der Waals surface area contributed by atoms with Crippen LogP contribution >= 0.6 is 39.0 Å². The van der Waals surface area contributed by atoms with Crippen molar-refractivity contribution in [3.8, 4) is 0 Å². The molecule has 2 aromatic carbocycles. The van der Waals surface area contributed by atoms with Gasteiger partial charge in [-0.3, -0.25) is 20.4 Å². The number of nitrogens with one attached hydrogen (secondary N) is 3. The van der Waals surface area contributed by atoms with E-state index in [-0.39, 0.29) is 11.3 Å². The molecule has 3 N–H and O–H groups in total. The molecule has 1 aromatic heterocycles. The lowest BCUT2D eigenvalue weighted by molar-refractivity contribution is -0.119. The van der Waals surface area contributed by atoms with Crippen molar-refractivity contribution in [1.29, 1.82) is 0 Å². The molecule has 0 spiro atoms. The summed E-state index contributed by atoms with van der Waals surface area (Å²) < 4.78 is 14.4. The van der Waals surface area contributed by atoms with E-state index in [1.165, 1.54) is 47.4 Å². The molecule has 0 saturated carbocycles. The Morgan fingerprint density at radius 2 is 1.89 bits per heavy atom. The molecule has 0 aliphatic carbocycles. The smallest absolute Gasteiger partial charge is 0.269 e. The summed E-state index contributed by atoms with van der Waals surface area (Å²) in [7, 11) is 0. The van der Waals surface area contributed by atoms with Gasteiger partial charge < -0.3 is 5.32 Å². The van der Waals surface area contributed by atoms with Crippen LogP contribution in [0.4, 0.5) is 15.2 Å². The molecular formula is C17H13BrFN5O2S2. The maximum Gasteiger partial charge on any atom is 0.269 e. The molecule has 3 aromatic rings. The second-order valence-corrected chi connectivity index (χ2v) is 8.42. The average Bonchev–Trinajstić information content (AvgIpc) is 3.12. The number of hydrogen-bond acceptors (Lipinski definition) is 7. The lowest BCUT2D eigenvalue weighted by Crippen LogP contribution is -2.42. The van der Waals surface area contributed by atoms with Crippen molar-refractivity contribution in [2.45, 2.75) is 4.34 Å². The van der Waals surface area contributed by atoms with Crippen LogP contribution in [0.15, 0.2) is 57.3 Å². The van der Waals surface area contributed by atoms with E-state index in [0.717, 1.165) is 10.2 Å². The molecule has 0 aliphatic rings. The van der Waals surface area contributed by atoms with Gasteiger partial charge in [-0.05, 0) is 42.5 Å². The van der Waals surface area contributed by atoms with E-state index in [0.29, 0.717) is 9.47 Å². The predicted octanol–water partition coefficient (Wildman–Crippen LogP) is 3.74. The Bertz CT molecular complexity index is 984. The van der Waals surface area contributed by atoms with Gasteiger partial charge >= 0.3 is 0 Å². The van der Waals surface area contributed by atoms with E-state index in [1.807, 2.05) is 24.3 Å². The van der Waals surface area contributed by atoms with E-state index in [9.17, 15) is 14.0 Å². The van der Waals surface area contributed by atoms with Gasteiger partial charge in [0.25, 0.3) is 5.91 Å². The van der Waals surface area contributed by atoms with Crippen LogP contribution in [0.25, 0.3) is 0 Å². The van der Waals surface area contributed by atoms with Crippen LogP contribution in [-0.4, -0.2) is 27.8 Å². The summed E-state index contributed by atoms with van der Waals surface area (Å²) in [5.74, 6) is -1.33. The number of rotatable bonds is 6. The van der Waals surface area contributed by atoms with Gasteiger partial charge in [0, 0.05) is 15.7 Å². The first kappa shape index (κ1) is 20.2. The first-order valence-corrected chi connectivity index (χ1v) is 10.4. The Labute approximate surface area is 176 Å². The van der Waals surface area contributed by atoms with Crippen molar-refractivity contribution in [2.24, 2.45) is 0 Å². The molecular weight excluding hydrogens is 469 g/mol. The van der Waals surface area contributed by atoms with Gasteiger partial charge in [0.15, 0.2) is 4.34 Å². The number of halogens is 2. The molecule has 11 heteroatoms. The number of aromatic nitrogens is 2. The monoisotopic (exact) mass is 481 g/mol. The molecule has 2 amide bonds. The maximum atomic E-state index is 12.8. The Morgan fingerprint density at radius 3 is 2.64 bits per heavy atom. The maximum absolute atomic E-state index is 12.8. The van der Waals surface area contributed by atoms with Crippen molar-refractivity contribution in [1.82, 2.24) is 21.0 Å². The minimum absolute atomic E-state index is 0.0508. The number of thioether (sulfide) groups is 1. The summed E-state index contributed by atoms with van der Waals surface area (Å²) in [4.78, 5) is 23.7. The molecule has 144 valence electrons. The molecule has 0 radical (unpaired) electrons. The number of hydrogen-bond donors (Lipinski definition) is 3. The molecule has 1 heterocycles. The van der Waals surface area contributed by atoms with Gasteiger partial charge in [-0.25, -0.2) is 4.39 Å². The van der Waals surface area contributed by atoms with Crippen LogP contribution in [0.5, 0.6) is 0 Å². The van der Waals surface area contributed by atoms with Crippen LogP contribution in [0.2, 0.25) is 0 Å². The third kappa shape index (κ3) is 6.01. The van der Waals surface area contributed by atoms with Crippen molar-refractivity contribution >= 4 is 61.7 Å². The Kier molecular flexibility index (Phi) is 6.95. The largest absolute Gasteiger partial charge is 0.330 e. The van der Waals surface area contributed by atoms with Crippen molar-refractivity contribution in [3.05, 3.63) is 64.4 Å². The van der Waals surface area contributed by atoms with Gasteiger partial charge in [-0.15, -0.1) is 10.2 Å². The van der Waals surface area contributed by atoms with Crippen molar-refractivity contribution in [2.75, 3.05) is 11.1 Å². The average molecular weight is 482 g/mol. The minimum atomic E-state index is -0.533. The topological polar surface area (TPSA) is 96.0 Å². The Balaban J connectivity index is 1.44. The Morgan fingerprint density at radius 1 is 1.11 bits per heavy atom. The number of hydrazine groups is 1. The zero-order valence-corrected chi connectivity index (χ0v) is 17.3. The third-order valence-corrected chi connectivity index (χ3v) is 5.70. The summed E-state index contributed by atoms with van der Waals surface area (Å²) in [5.41, 5.74) is 5.68. The number of carbonyl (C=O) groups is 2. The zero-order valence-electron chi connectivity index (χ0n) is 14.1. The number of benzene rings is 2. The quantitative estimate of drug-likeness (QED) is 0.366. The summed E-state index contributed by atoms with van der Waals surface area (Å²) in [6, 6.07) is 12.6. The van der Waals surface area contributed by atoms with Gasteiger partial charge in [-0.1, -0.05) is 45.1 Å². The molecule has 0 saturated heterocycles. The molecule has 7 nitrogen and oxygen atoms in total. The van der Waals surface area contributed by atoms with E-state index in [4.69, 9.17) is 0 Å². The highest BCUT2D eigenvalue weighted by Gasteiger charge is 2.10. The summed E-state index contributed by atoms with van der Waals surface area (Å²) in [6.45, 7) is 0. The molecule has 0 fully saturated rings. The van der Waals surface area contributed by atoms with Crippen molar-refractivity contribution < 1.29 is 14.0 Å². The minimum Gasteiger partial charge on any atom is -0.330 e. The van der Waals surface area contributed by atoms with E-state index >= 15 is 0 Å². The lowest BCUT2D eigenvalue weighted by Gasteiger charge is -2.06. The summed E-state index contributed by atoms with van der Waals surface area (Å²) >= 11 is 5.90. The fraction of sp³-hybridized carbons (Fsp3) is 0.0588. The number of nitrogens with zero attached hydrogens (tertiary/aromatic N) is 2. The van der Waals surface area contributed by atoms with Gasteiger partial charge in [0.1, 0.15) is 5.82 Å². The highest BCUT2D eigenvalue weighted by atomic mass is 79.9. The highest BCUT2D eigenvalue weighted by molar-refractivity contribution is 9.10. The highest BCUT2D eigenvalue weighted by Crippen LogP contribution is 2.28. The summed E-state index contributed by atoms with van der Waals surface area (Å²) in [5, 5.41) is 11.8. The van der Waals surface area contributed by atoms with E-state index in [1.54, 1.807) is 0 Å². The zero-order chi connectivity index (χ0) is 19.9. The second-order valence-electron chi connectivity index (χ2n) is 5.31.